The van der Waals surface area contributed by atoms with E-state index in [0.717, 1.165) is 6.42 Å². The fourth-order valence-corrected chi connectivity index (χ4v) is 2.17. The lowest BCUT2D eigenvalue weighted by atomic mass is 10.2. The van der Waals surface area contributed by atoms with Gasteiger partial charge in [-0.25, -0.2) is 4.79 Å². The molecule has 1 aromatic carbocycles. The van der Waals surface area contributed by atoms with Gasteiger partial charge in [0.15, 0.2) is 6.10 Å². The van der Waals surface area contributed by atoms with Crippen molar-refractivity contribution in [1.29, 1.82) is 0 Å². The Morgan fingerprint density at radius 1 is 1.52 bits per heavy atom. The van der Waals surface area contributed by atoms with Gasteiger partial charge in [-0.15, -0.1) is 0 Å². The van der Waals surface area contributed by atoms with Crippen LogP contribution < -0.4 is 15.8 Å². The van der Waals surface area contributed by atoms with Gasteiger partial charge in [0.1, 0.15) is 5.75 Å². The van der Waals surface area contributed by atoms with Crippen molar-refractivity contribution >= 4 is 17.6 Å². The van der Waals surface area contributed by atoms with Crippen LogP contribution in [0.1, 0.15) is 20.3 Å². The Balaban J connectivity index is 1.97. The Morgan fingerprint density at radius 2 is 2.30 bits per heavy atom. The molecule has 1 aromatic rings. The van der Waals surface area contributed by atoms with E-state index in [-0.39, 0.29) is 25.3 Å². The van der Waals surface area contributed by atoms with Gasteiger partial charge in [-0.05, 0) is 25.5 Å². The van der Waals surface area contributed by atoms with Crippen LogP contribution in [0.3, 0.4) is 0 Å². The molecule has 0 radical (unpaired) electrons. The molecule has 2 atom stereocenters. The quantitative estimate of drug-likeness (QED) is 0.861. The second kappa shape index (κ2) is 7.82. The van der Waals surface area contributed by atoms with E-state index in [9.17, 15) is 9.59 Å². The third kappa shape index (κ3) is 4.85. The first-order valence-electron chi connectivity index (χ1n) is 7.73. The Morgan fingerprint density at radius 3 is 3.00 bits per heavy atom. The number of nitrogens with one attached hydrogen (secondary N) is 1. The first kappa shape index (κ1) is 17.1. The fourth-order valence-electron chi connectivity index (χ4n) is 2.17. The van der Waals surface area contributed by atoms with E-state index < -0.39 is 12.0 Å². The molecule has 1 aliphatic heterocycles. The number of morpholine rings is 1. The Hall–Kier alpha value is -2.28. The maximum absolute atomic E-state index is 12.3. The number of amides is 3. The number of urea groups is 1. The lowest BCUT2D eigenvalue weighted by molar-refractivity contribution is -0.133. The molecule has 1 aliphatic rings. The van der Waals surface area contributed by atoms with E-state index in [1.165, 1.54) is 4.90 Å². The Bertz CT molecular complexity index is 564. The van der Waals surface area contributed by atoms with Gasteiger partial charge in [-0.1, -0.05) is 13.0 Å². The number of nitrogens with zero attached hydrogens (tertiary/aromatic N) is 1. The molecular weight excluding hydrogens is 298 g/mol. The van der Waals surface area contributed by atoms with Crippen LogP contribution in [0.5, 0.6) is 5.75 Å². The molecule has 0 unspecified atom stereocenters. The first-order valence-corrected chi connectivity index (χ1v) is 7.73. The minimum Gasteiger partial charge on any atom is -0.491 e. The molecule has 0 aliphatic carbocycles. The molecule has 3 N–H and O–H groups in total. The molecule has 0 aromatic heterocycles. The summed E-state index contributed by atoms with van der Waals surface area (Å²) in [6.07, 6.45) is 0.255. The number of carbonyl (C=O) groups is 2. The second-order valence-corrected chi connectivity index (χ2v) is 5.50. The lowest BCUT2D eigenvalue weighted by Crippen LogP contribution is -2.51. The normalized spacial score (nSPS) is 19.0. The number of anilines is 1. The molecule has 0 bridgehead atoms. The summed E-state index contributed by atoms with van der Waals surface area (Å²) in [6.45, 7) is 4.90. The van der Waals surface area contributed by atoms with Gasteiger partial charge in [0.2, 0.25) is 5.91 Å². The first-order chi connectivity index (χ1) is 11.0. The maximum Gasteiger partial charge on any atom is 0.322 e. The minimum absolute atomic E-state index is 0.108. The zero-order valence-corrected chi connectivity index (χ0v) is 13.5. The molecule has 23 heavy (non-hydrogen) atoms. The van der Waals surface area contributed by atoms with E-state index in [0.29, 0.717) is 18.0 Å². The van der Waals surface area contributed by atoms with Crippen molar-refractivity contribution in [3.05, 3.63) is 24.3 Å². The van der Waals surface area contributed by atoms with Crippen LogP contribution >= 0.6 is 0 Å². The summed E-state index contributed by atoms with van der Waals surface area (Å²) >= 11 is 0. The highest BCUT2D eigenvalue weighted by atomic mass is 16.5. The summed E-state index contributed by atoms with van der Waals surface area (Å²) in [5.41, 5.74) is 5.86. The van der Waals surface area contributed by atoms with Crippen LogP contribution in [0.25, 0.3) is 0 Å². The van der Waals surface area contributed by atoms with Gasteiger partial charge in [0, 0.05) is 18.3 Å². The fraction of sp³-hybridized carbons (Fsp3) is 0.500. The lowest BCUT2D eigenvalue weighted by Gasteiger charge is -2.31. The van der Waals surface area contributed by atoms with E-state index in [2.05, 4.69) is 5.32 Å². The van der Waals surface area contributed by atoms with Crippen molar-refractivity contribution in [3.8, 4) is 5.75 Å². The van der Waals surface area contributed by atoms with E-state index in [1.54, 1.807) is 12.1 Å². The second-order valence-electron chi connectivity index (χ2n) is 5.50. The molecular formula is C16H23N3O4. The summed E-state index contributed by atoms with van der Waals surface area (Å²) in [5.74, 6) is 0.139. The average Bonchev–Trinajstić information content (AvgIpc) is 2.55. The summed E-state index contributed by atoms with van der Waals surface area (Å²) in [5, 5.41) is 2.80. The monoisotopic (exact) mass is 321 g/mol. The van der Waals surface area contributed by atoms with Crippen LogP contribution in [0.15, 0.2) is 24.3 Å². The predicted octanol–water partition coefficient (Wildman–Crippen LogP) is 1.58. The van der Waals surface area contributed by atoms with E-state index >= 15 is 0 Å². The predicted molar refractivity (Wildman–Crippen MR) is 86.3 cm³/mol. The number of primary amides is 1. The van der Waals surface area contributed by atoms with Crippen molar-refractivity contribution < 1.29 is 19.1 Å². The number of rotatable bonds is 5. The average molecular weight is 321 g/mol. The van der Waals surface area contributed by atoms with Gasteiger partial charge in [-0.2, -0.15) is 0 Å². The summed E-state index contributed by atoms with van der Waals surface area (Å²) < 4.78 is 11.0. The minimum atomic E-state index is -0.755. The van der Waals surface area contributed by atoms with Crippen LogP contribution in [0, 0.1) is 0 Å². The van der Waals surface area contributed by atoms with Crippen LogP contribution in [0.2, 0.25) is 0 Å². The zero-order valence-electron chi connectivity index (χ0n) is 13.5. The van der Waals surface area contributed by atoms with Gasteiger partial charge in [0.05, 0.1) is 19.3 Å². The molecule has 0 spiro atoms. The Kier molecular flexibility index (Phi) is 5.81. The molecule has 1 saturated heterocycles. The third-order valence-electron chi connectivity index (χ3n) is 3.67. The summed E-state index contributed by atoms with van der Waals surface area (Å²) in [6, 6.07) is 6.93. The van der Waals surface area contributed by atoms with E-state index in [1.807, 2.05) is 26.0 Å². The largest absolute Gasteiger partial charge is 0.491 e. The smallest absolute Gasteiger partial charge is 0.322 e. The van der Waals surface area contributed by atoms with Gasteiger partial charge >= 0.3 is 6.03 Å². The number of ether oxygens (including phenoxy) is 2. The molecule has 126 valence electrons. The molecule has 2 rings (SSSR count). The molecule has 1 heterocycles. The molecule has 7 nitrogen and oxygen atoms in total. The number of carbonyl (C=O) groups excluding carboxylic acids is 2. The molecule has 1 fully saturated rings. The van der Waals surface area contributed by atoms with Gasteiger partial charge < -0.3 is 25.4 Å². The Labute approximate surface area is 135 Å². The highest BCUT2D eigenvalue weighted by Gasteiger charge is 2.27. The number of hydrogen-bond acceptors (Lipinski definition) is 4. The van der Waals surface area contributed by atoms with Crippen molar-refractivity contribution in [1.82, 2.24) is 4.90 Å². The number of nitrogens with two attached hydrogens (primary N) is 1. The molecule has 0 saturated carbocycles. The highest BCUT2D eigenvalue weighted by molar-refractivity contribution is 5.90. The highest BCUT2D eigenvalue weighted by Crippen LogP contribution is 2.20. The van der Waals surface area contributed by atoms with Crippen LogP contribution in [0.4, 0.5) is 10.5 Å². The molecule has 3 amide bonds. The third-order valence-corrected chi connectivity index (χ3v) is 3.67. The summed E-state index contributed by atoms with van der Waals surface area (Å²) in [4.78, 5) is 25.0. The SMILES string of the molecule is CC[C@H](C)Oc1cccc(NC(=O)N2CCO[C@H](C(N)=O)C2)c1. The van der Waals surface area contributed by atoms with Crippen LogP contribution in [-0.4, -0.2) is 48.7 Å². The van der Waals surface area contributed by atoms with Crippen LogP contribution in [-0.2, 0) is 9.53 Å². The maximum atomic E-state index is 12.3. The number of benzene rings is 1. The van der Waals surface area contributed by atoms with Gasteiger partial charge in [-0.3, -0.25) is 4.79 Å². The van der Waals surface area contributed by atoms with Crippen molar-refractivity contribution in [2.45, 2.75) is 32.5 Å². The van der Waals surface area contributed by atoms with Gasteiger partial charge in [0.25, 0.3) is 0 Å². The van der Waals surface area contributed by atoms with E-state index in [4.69, 9.17) is 15.2 Å². The molecule has 7 heteroatoms. The number of hydrogen-bond donors (Lipinski definition) is 2. The van der Waals surface area contributed by atoms with Crippen molar-refractivity contribution in [2.24, 2.45) is 5.73 Å². The standard InChI is InChI=1S/C16H23N3O4/c1-3-11(2)23-13-6-4-5-12(9-13)18-16(21)19-7-8-22-14(10-19)15(17)20/h4-6,9,11,14H,3,7-8,10H2,1-2H3,(H2,17,20)(H,18,21)/t11-,14-/m0/s1. The van der Waals surface area contributed by atoms with Crippen molar-refractivity contribution in [3.63, 3.8) is 0 Å². The van der Waals surface area contributed by atoms with Crippen molar-refractivity contribution in [2.75, 3.05) is 25.0 Å². The topological polar surface area (TPSA) is 93.9 Å². The zero-order chi connectivity index (χ0) is 16.8. The summed E-state index contributed by atoms with van der Waals surface area (Å²) in [7, 11) is 0.